The maximum Gasteiger partial charge on any atom is 0.217 e. The van der Waals surface area contributed by atoms with Crippen molar-refractivity contribution in [3.63, 3.8) is 0 Å². The van der Waals surface area contributed by atoms with E-state index in [9.17, 15) is 51.1 Å². The highest BCUT2D eigenvalue weighted by Gasteiger charge is 2.68. The van der Waals surface area contributed by atoms with Crippen LogP contribution in [0.3, 0.4) is 0 Å². The second-order valence-electron chi connectivity index (χ2n) is 17.6. The van der Waals surface area contributed by atoms with Crippen molar-refractivity contribution in [2.24, 2.45) is 0 Å². The zero-order valence-electron chi connectivity index (χ0n) is 36.9. The molecule has 0 bridgehead atoms. The predicted molar refractivity (Wildman–Crippen MR) is 226 cm³/mol. The molecule has 0 aromatic carbocycles. The second kappa shape index (κ2) is 29.7. The number of hydrogen-bond donors (Lipinski definition) is 12. The molecule has 0 spiro atoms. The molecule has 2 saturated heterocycles. The number of aliphatic hydroxyl groups excluding tert-OH is 8. The summed E-state index contributed by atoms with van der Waals surface area (Å²) in [6, 6.07) is 0. The SMILES string of the molecule is CCCCCCCCCCCCCCN[C@@]1(O)[C@@H](O)[C@@H](O)[C@@H](CO)O[C@@]1(CC(C)O)O[C@H]1[C@@H](O)[C@@H](CO)O[C@](O)(CC(O)CNCCCCCCCCCCCC)[C@@H]1O. The van der Waals surface area contributed by atoms with Crippen molar-refractivity contribution in [3.8, 4) is 0 Å². The van der Waals surface area contributed by atoms with E-state index in [0.29, 0.717) is 13.0 Å². The average Bonchev–Trinajstić information content (AvgIpc) is 3.20. The molecule has 59 heavy (non-hydrogen) atoms. The maximum atomic E-state index is 12.3. The van der Waals surface area contributed by atoms with Crippen LogP contribution in [-0.2, 0) is 14.2 Å². The molecule has 2 unspecified atom stereocenters. The lowest BCUT2D eigenvalue weighted by molar-refractivity contribution is -0.449. The molecular formula is C44H88N2O13. The first-order valence-corrected chi connectivity index (χ1v) is 23.5. The molecule has 15 heteroatoms. The standard InChI is InChI=1S/C44H88N2O13/c1-4-6-8-10-12-14-16-17-19-21-23-25-27-46-44(56)40(53)38(52)36(32-48)58-43(44,28-33(3)49)59-39-37(51)35(31-47)57-42(55,41(39)54)29-34(50)30-45-26-24-22-20-18-15-13-11-9-7-5-2/h33-41,45-56H,4-32H2,1-3H3/t33?,34?,35-,36-,37+,38+,39+,40+,41-,42-,43+,44-/m1/s1. The minimum Gasteiger partial charge on any atom is -0.394 e. The fraction of sp³-hybridized carbons (Fsp3) is 1.00. The van der Waals surface area contributed by atoms with Gasteiger partial charge in [0, 0.05) is 19.4 Å². The molecule has 2 rings (SSSR count). The minimum absolute atomic E-state index is 0.0494. The lowest BCUT2D eigenvalue weighted by atomic mass is 9.82. The fourth-order valence-corrected chi connectivity index (χ4v) is 8.61. The maximum absolute atomic E-state index is 12.3. The average molecular weight is 853 g/mol. The van der Waals surface area contributed by atoms with Crippen LogP contribution in [-0.4, -0.2) is 156 Å². The van der Waals surface area contributed by atoms with Crippen LogP contribution in [0.5, 0.6) is 0 Å². The molecule has 2 aliphatic rings. The Kier molecular flexibility index (Phi) is 27.5. The third kappa shape index (κ3) is 17.8. The summed E-state index contributed by atoms with van der Waals surface area (Å²) >= 11 is 0. The first kappa shape index (κ1) is 54.5. The molecule has 0 amide bonds. The highest BCUT2D eigenvalue weighted by molar-refractivity contribution is 5.09. The van der Waals surface area contributed by atoms with Crippen molar-refractivity contribution in [1.29, 1.82) is 0 Å². The zero-order chi connectivity index (χ0) is 43.7. The van der Waals surface area contributed by atoms with Gasteiger partial charge in [-0.1, -0.05) is 142 Å². The molecule has 0 aromatic rings. The summed E-state index contributed by atoms with van der Waals surface area (Å²) in [7, 11) is 0. The van der Waals surface area contributed by atoms with Crippen LogP contribution in [0.2, 0.25) is 0 Å². The van der Waals surface area contributed by atoms with Crippen LogP contribution in [0.25, 0.3) is 0 Å². The smallest absolute Gasteiger partial charge is 0.217 e. The monoisotopic (exact) mass is 853 g/mol. The molecule has 12 N–H and O–H groups in total. The van der Waals surface area contributed by atoms with Gasteiger partial charge in [-0.2, -0.15) is 0 Å². The first-order valence-electron chi connectivity index (χ1n) is 23.5. The Hall–Kier alpha value is -0.600. The van der Waals surface area contributed by atoms with Crippen LogP contribution in [0.15, 0.2) is 0 Å². The Morgan fingerprint density at radius 2 is 1.02 bits per heavy atom. The van der Waals surface area contributed by atoms with Gasteiger partial charge in [0.05, 0.1) is 25.4 Å². The molecule has 0 saturated carbocycles. The molecule has 0 aliphatic carbocycles. The summed E-state index contributed by atoms with van der Waals surface area (Å²) in [5.74, 6) is -5.13. The van der Waals surface area contributed by atoms with E-state index in [4.69, 9.17) is 14.2 Å². The predicted octanol–water partition coefficient (Wildman–Crippen LogP) is 2.99. The molecule has 12 atom stereocenters. The highest BCUT2D eigenvalue weighted by atomic mass is 16.7. The molecule has 0 radical (unpaired) electrons. The topological polar surface area (TPSA) is 254 Å². The summed E-state index contributed by atoms with van der Waals surface area (Å²) < 4.78 is 17.9. The lowest BCUT2D eigenvalue weighted by Gasteiger charge is -2.58. The van der Waals surface area contributed by atoms with Crippen molar-refractivity contribution in [3.05, 3.63) is 0 Å². The summed E-state index contributed by atoms with van der Waals surface area (Å²) in [6.07, 6.45) is 8.56. The Morgan fingerprint density at radius 1 is 0.576 bits per heavy atom. The van der Waals surface area contributed by atoms with E-state index in [2.05, 4.69) is 24.5 Å². The molecule has 2 fully saturated rings. The van der Waals surface area contributed by atoms with E-state index in [1.54, 1.807) is 0 Å². The van der Waals surface area contributed by atoms with E-state index < -0.39 is 98.3 Å². The normalized spacial score (nSPS) is 32.4. The van der Waals surface area contributed by atoms with Gasteiger partial charge >= 0.3 is 0 Å². The van der Waals surface area contributed by atoms with Crippen molar-refractivity contribution in [2.75, 3.05) is 32.8 Å². The number of aliphatic hydroxyl groups is 10. The third-order valence-electron chi connectivity index (χ3n) is 12.2. The largest absolute Gasteiger partial charge is 0.394 e. The summed E-state index contributed by atoms with van der Waals surface area (Å²) in [6.45, 7) is 4.89. The summed E-state index contributed by atoms with van der Waals surface area (Å²) in [4.78, 5) is 0. The number of rotatable bonds is 35. The molecular weight excluding hydrogens is 764 g/mol. The van der Waals surface area contributed by atoms with E-state index in [1.165, 1.54) is 96.8 Å². The van der Waals surface area contributed by atoms with Crippen LogP contribution in [0.1, 0.15) is 175 Å². The van der Waals surface area contributed by atoms with Gasteiger partial charge in [-0.15, -0.1) is 0 Å². The van der Waals surface area contributed by atoms with Crippen molar-refractivity contribution in [1.82, 2.24) is 10.6 Å². The van der Waals surface area contributed by atoms with Gasteiger partial charge in [-0.3, -0.25) is 5.32 Å². The van der Waals surface area contributed by atoms with Crippen LogP contribution in [0, 0.1) is 0 Å². The van der Waals surface area contributed by atoms with Gasteiger partial charge < -0.3 is 70.6 Å². The van der Waals surface area contributed by atoms with Crippen molar-refractivity contribution >= 4 is 0 Å². The summed E-state index contributed by atoms with van der Waals surface area (Å²) in [5, 5.41) is 117. The van der Waals surface area contributed by atoms with E-state index in [0.717, 1.165) is 44.9 Å². The van der Waals surface area contributed by atoms with Crippen LogP contribution >= 0.6 is 0 Å². The van der Waals surface area contributed by atoms with Gasteiger partial charge in [0.25, 0.3) is 0 Å². The number of unbranched alkanes of at least 4 members (excludes halogenated alkanes) is 20. The van der Waals surface area contributed by atoms with Gasteiger partial charge in [0.2, 0.25) is 5.79 Å². The fourth-order valence-electron chi connectivity index (χ4n) is 8.61. The van der Waals surface area contributed by atoms with Gasteiger partial charge in [0.1, 0.15) is 42.7 Å². The third-order valence-corrected chi connectivity index (χ3v) is 12.2. The Morgan fingerprint density at radius 3 is 1.47 bits per heavy atom. The minimum atomic E-state index is -2.69. The first-order chi connectivity index (χ1) is 28.3. The van der Waals surface area contributed by atoms with E-state index in [-0.39, 0.29) is 13.1 Å². The molecule has 15 nitrogen and oxygen atoms in total. The number of ether oxygens (including phenoxy) is 3. The van der Waals surface area contributed by atoms with E-state index >= 15 is 0 Å². The van der Waals surface area contributed by atoms with Gasteiger partial charge in [0.15, 0.2) is 11.5 Å². The van der Waals surface area contributed by atoms with Crippen LogP contribution < -0.4 is 10.6 Å². The molecule has 2 heterocycles. The zero-order valence-corrected chi connectivity index (χ0v) is 36.9. The molecule has 2 aliphatic heterocycles. The number of hydrogen-bond acceptors (Lipinski definition) is 15. The molecule has 352 valence electrons. The Labute approximate surface area is 355 Å². The quantitative estimate of drug-likeness (QED) is 0.0324. The second-order valence-corrected chi connectivity index (χ2v) is 17.6. The van der Waals surface area contributed by atoms with Crippen molar-refractivity contribution in [2.45, 2.75) is 247 Å². The lowest BCUT2D eigenvalue weighted by Crippen LogP contribution is -2.81. The van der Waals surface area contributed by atoms with Crippen molar-refractivity contribution < 1.29 is 65.3 Å². The van der Waals surface area contributed by atoms with Gasteiger partial charge in [-0.05, 0) is 32.9 Å². The van der Waals surface area contributed by atoms with Gasteiger partial charge in [-0.25, -0.2) is 0 Å². The van der Waals surface area contributed by atoms with Crippen LogP contribution in [0.4, 0.5) is 0 Å². The Bertz CT molecular complexity index is 1050. The van der Waals surface area contributed by atoms with E-state index in [1.807, 2.05) is 0 Å². The molecule has 0 aromatic heterocycles. The summed E-state index contributed by atoms with van der Waals surface area (Å²) in [5.41, 5.74) is -2.69. The number of nitrogens with one attached hydrogen (secondary N) is 2. The highest BCUT2D eigenvalue weighted by Crippen LogP contribution is 2.45. The Balaban J connectivity index is 2.09.